The average molecular weight is 164 g/mol. The number of rotatable bonds is 0. The van der Waals surface area contributed by atoms with Crippen molar-refractivity contribution in [3.8, 4) is 0 Å². The van der Waals surface area contributed by atoms with Gasteiger partial charge in [0.05, 0.1) is 0 Å². The van der Waals surface area contributed by atoms with Gasteiger partial charge in [0.1, 0.15) is 0 Å². The van der Waals surface area contributed by atoms with Crippen molar-refractivity contribution < 1.29 is 0 Å². The van der Waals surface area contributed by atoms with Crippen LogP contribution >= 0.6 is 15.9 Å². The van der Waals surface area contributed by atoms with E-state index in [1.165, 1.54) is 19.5 Å². The molecule has 0 aromatic heterocycles. The third-order valence-corrected chi connectivity index (χ3v) is 2.08. The third kappa shape index (κ3) is 1.42. The molecular formula is C5H10BrN. The molecule has 1 aliphatic heterocycles. The lowest BCUT2D eigenvalue weighted by Crippen LogP contribution is -2.13. The van der Waals surface area contributed by atoms with Crippen LogP contribution in [0.4, 0.5) is 0 Å². The highest BCUT2D eigenvalue weighted by atomic mass is 79.9. The molecule has 0 N–H and O–H groups in total. The van der Waals surface area contributed by atoms with E-state index in [9.17, 15) is 0 Å². The molecule has 0 aliphatic carbocycles. The van der Waals surface area contributed by atoms with E-state index >= 15 is 0 Å². The van der Waals surface area contributed by atoms with Gasteiger partial charge in [0.25, 0.3) is 0 Å². The summed E-state index contributed by atoms with van der Waals surface area (Å²) in [5, 5.41) is 0. The first kappa shape index (κ1) is 5.57. The fourth-order valence-corrected chi connectivity index (χ4v) is 1.58. The maximum Gasteiger partial charge on any atom is 0.0285 e. The Bertz CT molecular complexity index is 57.1. The van der Waals surface area contributed by atoms with Crippen LogP contribution in [-0.4, -0.2) is 29.9 Å². The maximum atomic E-state index is 3.54. The number of nitrogens with zero attached hydrogens (tertiary/aromatic N) is 1. The second-order valence-corrected chi connectivity index (χ2v) is 3.44. The van der Waals surface area contributed by atoms with E-state index in [1.54, 1.807) is 0 Å². The lowest BCUT2D eigenvalue weighted by molar-refractivity contribution is 0.419. The van der Waals surface area contributed by atoms with Gasteiger partial charge in [-0.05, 0) is 20.0 Å². The number of alkyl halides is 1. The second kappa shape index (κ2) is 2.14. The molecule has 0 aromatic rings. The number of likely N-dealkylation sites (tertiary alicyclic amines) is 1. The predicted octanol–water partition coefficient (Wildman–Crippen LogP) is 1.09. The van der Waals surface area contributed by atoms with Crippen LogP contribution in [0.25, 0.3) is 0 Å². The molecule has 1 saturated heterocycles. The molecule has 1 aliphatic rings. The van der Waals surface area contributed by atoms with Crippen LogP contribution < -0.4 is 0 Å². The van der Waals surface area contributed by atoms with Crippen molar-refractivity contribution in [1.82, 2.24) is 4.90 Å². The van der Waals surface area contributed by atoms with Gasteiger partial charge in [-0.3, -0.25) is 0 Å². The van der Waals surface area contributed by atoms with Crippen molar-refractivity contribution >= 4 is 15.9 Å². The van der Waals surface area contributed by atoms with Crippen molar-refractivity contribution in [2.75, 3.05) is 20.1 Å². The lowest BCUT2D eigenvalue weighted by Gasteiger charge is -2.02. The van der Waals surface area contributed by atoms with Crippen LogP contribution in [0.3, 0.4) is 0 Å². The van der Waals surface area contributed by atoms with Crippen molar-refractivity contribution in [2.45, 2.75) is 11.2 Å². The topological polar surface area (TPSA) is 3.24 Å². The molecule has 0 radical (unpaired) electrons. The first-order chi connectivity index (χ1) is 3.29. The van der Waals surface area contributed by atoms with Crippen LogP contribution in [-0.2, 0) is 0 Å². The average Bonchev–Trinajstić information content (AvgIpc) is 1.87. The standard InChI is InChI=1S/C5H10BrN/c1-7-3-2-5(6)4-7/h5H,2-4H2,1H3. The van der Waals surface area contributed by atoms with Gasteiger partial charge in [-0.1, -0.05) is 15.9 Å². The summed E-state index contributed by atoms with van der Waals surface area (Å²) in [6, 6.07) is 0. The summed E-state index contributed by atoms with van der Waals surface area (Å²) in [5.74, 6) is 0. The molecule has 42 valence electrons. The molecule has 1 rings (SSSR count). The lowest BCUT2D eigenvalue weighted by atomic mass is 10.4. The number of hydrogen-bond acceptors (Lipinski definition) is 1. The summed E-state index contributed by atoms with van der Waals surface area (Å²) in [5.41, 5.74) is 0. The maximum absolute atomic E-state index is 3.54. The first-order valence-corrected chi connectivity index (χ1v) is 3.53. The molecule has 0 amide bonds. The summed E-state index contributed by atoms with van der Waals surface area (Å²) >= 11 is 3.54. The zero-order valence-corrected chi connectivity index (χ0v) is 6.11. The molecule has 1 fully saturated rings. The Kier molecular flexibility index (Phi) is 1.70. The van der Waals surface area contributed by atoms with E-state index < -0.39 is 0 Å². The Morgan fingerprint density at radius 1 is 1.71 bits per heavy atom. The summed E-state index contributed by atoms with van der Waals surface area (Å²) in [4.78, 5) is 3.09. The van der Waals surface area contributed by atoms with Crippen LogP contribution in [0.2, 0.25) is 0 Å². The van der Waals surface area contributed by atoms with E-state index in [1.807, 2.05) is 0 Å². The van der Waals surface area contributed by atoms with Gasteiger partial charge >= 0.3 is 0 Å². The molecule has 1 atom stereocenters. The van der Waals surface area contributed by atoms with Gasteiger partial charge in [-0.2, -0.15) is 0 Å². The Balaban J connectivity index is 2.26. The molecule has 7 heavy (non-hydrogen) atoms. The highest BCUT2D eigenvalue weighted by molar-refractivity contribution is 9.09. The third-order valence-electron chi connectivity index (χ3n) is 1.33. The summed E-state index contributed by atoms with van der Waals surface area (Å²) in [6.07, 6.45) is 1.32. The Hall–Kier alpha value is 0.440. The fourth-order valence-electron chi connectivity index (χ4n) is 0.881. The van der Waals surface area contributed by atoms with Crippen LogP contribution in [0.15, 0.2) is 0 Å². The molecule has 0 bridgehead atoms. The molecule has 1 nitrogen and oxygen atoms in total. The van der Waals surface area contributed by atoms with Crippen molar-refractivity contribution in [3.05, 3.63) is 0 Å². The van der Waals surface area contributed by atoms with E-state index in [4.69, 9.17) is 0 Å². The zero-order chi connectivity index (χ0) is 5.28. The Morgan fingerprint density at radius 2 is 2.43 bits per heavy atom. The quantitative estimate of drug-likeness (QED) is 0.484. The summed E-state index contributed by atoms with van der Waals surface area (Å²) in [7, 11) is 2.15. The van der Waals surface area contributed by atoms with Crippen LogP contribution in [0, 0.1) is 0 Å². The van der Waals surface area contributed by atoms with Gasteiger partial charge in [-0.15, -0.1) is 0 Å². The van der Waals surface area contributed by atoms with Crippen LogP contribution in [0.1, 0.15) is 6.42 Å². The van der Waals surface area contributed by atoms with Gasteiger partial charge in [0.15, 0.2) is 0 Å². The highest BCUT2D eigenvalue weighted by Gasteiger charge is 2.14. The van der Waals surface area contributed by atoms with E-state index in [2.05, 4.69) is 27.9 Å². The van der Waals surface area contributed by atoms with Crippen LogP contribution in [0.5, 0.6) is 0 Å². The largest absolute Gasteiger partial charge is 0.305 e. The predicted molar refractivity (Wildman–Crippen MR) is 34.8 cm³/mol. The normalized spacial score (nSPS) is 34.3. The minimum Gasteiger partial charge on any atom is -0.305 e. The minimum atomic E-state index is 0.762. The number of halogens is 1. The van der Waals surface area contributed by atoms with Crippen molar-refractivity contribution in [2.24, 2.45) is 0 Å². The molecule has 1 heterocycles. The molecule has 0 aromatic carbocycles. The highest BCUT2D eigenvalue weighted by Crippen LogP contribution is 2.13. The molecule has 2 heteroatoms. The second-order valence-electron chi connectivity index (χ2n) is 2.15. The Morgan fingerprint density at radius 3 is 2.57 bits per heavy atom. The molecule has 1 unspecified atom stereocenters. The van der Waals surface area contributed by atoms with Gasteiger partial charge in [0.2, 0.25) is 0 Å². The van der Waals surface area contributed by atoms with Crippen molar-refractivity contribution in [3.63, 3.8) is 0 Å². The van der Waals surface area contributed by atoms with Crippen molar-refractivity contribution in [1.29, 1.82) is 0 Å². The molecular weight excluding hydrogens is 154 g/mol. The van der Waals surface area contributed by atoms with Gasteiger partial charge in [0, 0.05) is 11.4 Å². The zero-order valence-electron chi connectivity index (χ0n) is 4.52. The minimum absolute atomic E-state index is 0.762. The monoisotopic (exact) mass is 163 g/mol. The summed E-state index contributed by atoms with van der Waals surface area (Å²) in [6.45, 7) is 2.48. The molecule has 0 saturated carbocycles. The Labute approximate surface area is 52.8 Å². The summed E-state index contributed by atoms with van der Waals surface area (Å²) < 4.78 is 0. The fraction of sp³-hybridized carbons (Fsp3) is 1.00. The van der Waals surface area contributed by atoms with Gasteiger partial charge < -0.3 is 4.90 Å². The van der Waals surface area contributed by atoms with E-state index in [-0.39, 0.29) is 0 Å². The van der Waals surface area contributed by atoms with E-state index in [0.717, 1.165) is 4.83 Å². The van der Waals surface area contributed by atoms with Gasteiger partial charge in [-0.25, -0.2) is 0 Å². The molecule has 0 spiro atoms. The van der Waals surface area contributed by atoms with E-state index in [0.29, 0.717) is 0 Å². The number of hydrogen-bond donors (Lipinski definition) is 0. The smallest absolute Gasteiger partial charge is 0.0285 e. The SMILES string of the molecule is CN1CCC(Br)C1. The first-order valence-electron chi connectivity index (χ1n) is 2.61.